The summed E-state index contributed by atoms with van der Waals surface area (Å²) in [6, 6.07) is 0.393. The Balaban J connectivity index is 1.84. The van der Waals surface area contributed by atoms with Gasteiger partial charge in [0, 0.05) is 19.0 Å². The van der Waals surface area contributed by atoms with Crippen molar-refractivity contribution in [2.45, 2.75) is 64.0 Å². The van der Waals surface area contributed by atoms with E-state index in [9.17, 15) is 9.59 Å². The molecule has 2 bridgehead atoms. The van der Waals surface area contributed by atoms with Crippen molar-refractivity contribution in [2.75, 3.05) is 6.54 Å². The second-order valence-corrected chi connectivity index (χ2v) is 6.72. The molecule has 1 saturated heterocycles. The fourth-order valence-corrected chi connectivity index (χ4v) is 4.21. The number of carbonyl (C=O) groups excluding carboxylic acids is 2. The SMILES string of the molecule is CCC1(C)NC(=O)CCN(C2CC3CCC2C3)C1=O. The molecule has 106 valence electrons. The number of nitrogens with one attached hydrogen (secondary N) is 1. The molecule has 0 aromatic rings. The summed E-state index contributed by atoms with van der Waals surface area (Å²) < 4.78 is 0. The van der Waals surface area contributed by atoms with Gasteiger partial charge in [0.1, 0.15) is 5.54 Å². The second kappa shape index (κ2) is 4.50. The Hall–Kier alpha value is -1.06. The van der Waals surface area contributed by atoms with Crippen molar-refractivity contribution in [3.63, 3.8) is 0 Å². The van der Waals surface area contributed by atoms with Crippen LogP contribution < -0.4 is 5.32 Å². The van der Waals surface area contributed by atoms with E-state index in [0.29, 0.717) is 31.3 Å². The monoisotopic (exact) mass is 264 g/mol. The van der Waals surface area contributed by atoms with Crippen LogP contribution in [0.5, 0.6) is 0 Å². The minimum atomic E-state index is -0.699. The summed E-state index contributed by atoms with van der Waals surface area (Å²) in [7, 11) is 0. The highest BCUT2D eigenvalue weighted by Crippen LogP contribution is 2.47. The molecule has 1 heterocycles. The van der Waals surface area contributed by atoms with Gasteiger partial charge in [-0.05, 0) is 44.4 Å². The van der Waals surface area contributed by atoms with Crippen LogP contribution in [0.4, 0.5) is 0 Å². The Labute approximate surface area is 114 Å². The van der Waals surface area contributed by atoms with Crippen LogP contribution in [0.3, 0.4) is 0 Å². The lowest BCUT2D eigenvalue weighted by Gasteiger charge is -2.38. The first-order valence-corrected chi connectivity index (χ1v) is 7.65. The minimum absolute atomic E-state index is 0.0170. The van der Waals surface area contributed by atoms with Crippen LogP contribution in [0.15, 0.2) is 0 Å². The van der Waals surface area contributed by atoms with Crippen molar-refractivity contribution in [2.24, 2.45) is 11.8 Å². The Morgan fingerprint density at radius 3 is 2.68 bits per heavy atom. The van der Waals surface area contributed by atoms with E-state index >= 15 is 0 Å². The second-order valence-electron chi connectivity index (χ2n) is 6.72. The van der Waals surface area contributed by atoms with Gasteiger partial charge in [0.25, 0.3) is 0 Å². The summed E-state index contributed by atoms with van der Waals surface area (Å²) in [5.41, 5.74) is -0.699. The van der Waals surface area contributed by atoms with Gasteiger partial charge in [-0.2, -0.15) is 0 Å². The maximum Gasteiger partial charge on any atom is 0.248 e. The van der Waals surface area contributed by atoms with E-state index < -0.39 is 5.54 Å². The molecule has 0 radical (unpaired) electrons. The first-order chi connectivity index (χ1) is 9.03. The van der Waals surface area contributed by atoms with Crippen LogP contribution in [0.1, 0.15) is 52.4 Å². The van der Waals surface area contributed by atoms with Gasteiger partial charge in [-0.3, -0.25) is 9.59 Å². The van der Waals surface area contributed by atoms with Gasteiger partial charge in [0.15, 0.2) is 0 Å². The van der Waals surface area contributed by atoms with Crippen LogP contribution >= 0.6 is 0 Å². The molecule has 19 heavy (non-hydrogen) atoms. The third-order valence-corrected chi connectivity index (χ3v) is 5.54. The van der Waals surface area contributed by atoms with E-state index in [2.05, 4.69) is 5.32 Å². The Kier molecular flexibility index (Phi) is 3.06. The van der Waals surface area contributed by atoms with Crippen molar-refractivity contribution >= 4 is 11.8 Å². The molecular formula is C15H24N2O2. The highest BCUT2D eigenvalue weighted by atomic mass is 16.2. The van der Waals surface area contributed by atoms with Gasteiger partial charge in [0.05, 0.1) is 0 Å². The van der Waals surface area contributed by atoms with Crippen LogP contribution in [0.25, 0.3) is 0 Å². The zero-order valence-corrected chi connectivity index (χ0v) is 11.9. The van der Waals surface area contributed by atoms with E-state index in [-0.39, 0.29) is 11.8 Å². The van der Waals surface area contributed by atoms with Crippen LogP contribution in [0.2, 0.25) is 0 Å². The predicted molar refractivity (Wildman–Crippen MR) is 72.4 cm³/mol. The number of carbonyl (C=O) groups is 2. The summed E-state index contributed by atoms with van der Waals surface area (Å²) in [6.07, 6.45) is 6.17. The van der Waals surface area contributed by atoms with E-state index in [4.69, 9.17) is 0 Å². The van der Waals surface area contributed by atoms with Crippen LogP contribution in [-0.2, 0) is 9.59 Å². The Bertz CT molecular complexity index is 409. The normalized spacial score (nSPS) is 42.4. The quantitative estimate of drug-likeness (QED) is 0.825. The number of rotatable bonds is 2. The van der Waals surface area contributed by atoms with E-state index in [1.165, 1.54) is 19.3 Å². The lowest BCUT2D eigenvalue weighted by molar-refractivity contribution is -0.141. The van der Waals surface area contributed by atoms with Crippen molar-refractivity contribution in [3.8, 4) is 0 Å². The van der Waals surface area contributed by atoms with Crippen LogP contribution in [-0.4, -0.2) is 34.8 Å². The molecule has 4 nitrogen and oxygen atoms in total. The average Bonchev–Trinajstić information content (AvgIpc) is 2.98. The number of fused-ring (bicyclic) bond motifs is 2. The van der Waals surface area contributed by atoms with Crippen molar-refractivity contribution in [3.05, 3.63) is 0 Å². The zero-order chi connectivity index (χ0) is 13.6. The zero-order valence-electron chi connectivity index (χ0n) is 11.9. The molecule has 1 N–H and O–H groups in total. The molecule has 4 heteroatoms. The van der Waals surface area contributed by atoms with Crippen molar-refractivity contribution in [1.82, 2.24) is 10.2 Å². The highest BCUT2D eigenvalue weighted by molar-refractivity contribution is 5.93. The minimum Gasteiger partial charge on any atom is -0.342 e. The smallest absolute Gasteiger partial charge is 0.248 e. The maximum atomic E-state index is 12.8. The molecule has 4 unspecified atom stereocenters. The lowest BCUT2D eigenvalue weighted by atomic mass is 9.91. The van der Waals surface area contributed by atoms with Gasteiger partial charge < -0.3 is 10.2 Å². The molecule has 0 aromatic carbocycles. The average molecular weight is 264 g/mol. The predicted octanol–water partition coefficient (Wildman–Crippen LogP) is 1.69. The standard InChI is InChI=1S/C15H24N2O2/c1-3-15(2)14(19)17(7-6-13(18)16-15)12-9-10-4-5-11(12)8-10/h10-12H,3-9H2,1-2H3,(H,16,18). The van der Waals surface area contributed by atoms with Gasteiger partial charge in [0.2, 0.25) is 11.8 Å². The van der Waals surface area contributed by atoms with E-state index in [1.54, 1.807) is 0 Å². The van der Waals surface area contributed by atoms with E-state index in [1.807, 2.05) is 18.7 Å². The van der Waals surface area contributed by atoms with Crippen molar-refractivity contribution in [1.29, 1.82) is 0 Å². The van der Waals surface area contributed by atoms with Gasteiger partial charge in [-0.25, -0.2) is 0 Å². The molecule has 3 rings (SSSR count). The topological polar surface area (TPSA) is 49.4 Å². The summed E-state index contributed by atoms with van der Waals surface area (Å²) in [6.45, 7) is 4.45. The Morgan fingerprint density at radius 2 is 2.11 bits per heavy atom. The molecule has 2 saturated carbocycles. The highest BCUT2D eigenvalue weighted by Gasteiger charge is 2.48. The summed E-state index contributed by atoms with van der Waals surface area (Å²) in [5.74, 6) is 1.66. The molecule has 0 aromatic heterocycles. The third kappa shape index (κ3) is 2.05. The molecule has 3 fully saturated rings. The number of amides is 2. The third-order valence-electron chi connectivity index (χ3n) is 5.54. The summed E-state index contributed by atoms with van der Waals surface area (Å²) in [5, 5.41) is 2.92. The van der Waals surface area contributed by atoms with Crippen LogP contribution in [0, 0.1) is 11.8 Å². The summed E-state index contributed by atoms with van der Waals surface area (Å²) >= 11 is 0. The van der Waals surface area contributed by atoms with Crippen molar-refractivity contribution < 1.29 is 9.59 Å². The number of hydrogen-bond acceptors (Lipinski definition) is 2. The first-order valence-electron chi connectivity index (χ1n) is 7.65. The fourth-order valence-electron chi connectivity index (χ4n) is 4.21. The molecule has 2 amide bonds. The van der Waals surface area contributed by atoms with Gasteiger partial charge in [-0.15, -0.1) is 0 Å². The number of nitrogens with zero attached hydrogens (tertiary/aromatic N) is 1. The first kappa shape index (κ1) is 12.9. The molecule has 3 aliphatic rings. The fraction of sp³-hybridized carbons (Fsp3) is 0.867. The lowest BCUT2D eigenvalue weighted by Crippen LogP contribution is -2.57. The molecular weight excluding hydrogens is 240 g/mol. The molecule has 1 aliphatic heterocycles. The number of hydrogen-bond donors (Lipinski definition) is 1. The molecule has 0 spiro atoms. The molecule has 2 aliphatic carbocycles. The Morgan fingerprint density at radius 1 is 1.32 bits per heavy atom. The van der Waals surface area contributed by atoms with Gasteiger partial charge >= 0.3 is 0 Å². The summed E-state index contributed by atoms with van der Waals surface area (Å²) in [4.78, 5) is 26.7. The maximum absolute atomic E-state index is 12.8. The van der Waals surface area contributed by atoms with Gasteiger partial charge in [-0.1, -0.05) is 13.3 Å². The van der Waals surface area contributed by atoms with E-state index in [0.717, 1.165) is 12.3 Å². The largest absolute Gasteiger partial charge is 0.342 e. The molecule has 4 atom stereocenters.